The minimum atomic E-state index is -2.93. The highest BCUT2D eigenvalue weighted by Crippen LogP contribution is 2.09. The number of hydrogen-bond donors (Lipinski definition) is 1. The minimum absolute atomic E-state index is 0.215. The Morgan fingerprint density at radius 1 is 1.32 bits per heavy atom. The summed E-state index contributed by atoms with van der Waals surface area (Å²) in [6, 6.07) is 6.14. The highest BCUT2D eigenvalue weighted by Gasteiger charge is 2.09. The molecule has 0 unspecified atom stereocenters. The van der Waals surface area contributed by atoms with Gasteiger partial charge in [0.05, 0.1) is 11.8 Å². The maximum absolute atomic E-state index is 10.7. The van der Waals surface area contributed by atoms with Crippen molar-refractivity contribution in [2.24, 2.45) is 0 Å². The standard InChI is InChI=1S/C7H5ClO2.C5H13NO2S/c8-6-3-1-2-5(4-6)7(9)10;1-4-6(5-2)9(3,7)8/h1-4H,(H,9,10);4-5H2,1-3H3. The van der Waals surface area contributed by atoms with Crippen molar-refractivity contribution in [3.8, 4) is 0 Å². The molecule has 19 heavy (non-hydrogen) atoms. The zero-order valence-electron chi connectivity index (χ0n) is 11.1. The molecule has 0 aliphatic rings. The van der Waals surface area contributed by atoms with Crippen molar-refractivity contribution >= 4 is 27.6 Å². The molecule has 1 N–H and O–H groups in total. The summed E-state index contributed by atoms with van der Waals surface area (Å²) >= 11 is 5.53. The molecule has 0 fully saturated rings. The Morgan fingerprint density at radius 2 is 1.84 bits per heavy atom. The molecule has 0 amide bonds. The number of benzene rings is 1. The van der Waals surface area contributed by atoms with E-state index in [-0.39, 0.29) is 5.56 Å². The maximum Gasteiger partial charge on any atom is 0.335 e. The summed E-state index contributed by atoms with van der Waals surface area (Å²) in [6.45, 7) is 4.78. The van der Waals surface area contributed by atoms with Crippen LogP contribution < -0.4 is 0 Å². The Balaban J connectivity index is 0.000000344. The fourth-order valence-corrected chi connectivity index (χ4v) is 2.44. The van der Waals surface area contributed by atoms with Gasteiger partial charge in [-0.3, -0.25) is 0 Å². The van der Waals surface area contributed by atoms with Crippen LogP contribution in [0.5, 0.6) is 0 Å². The van der Waals surface area contributed by atoms with Gasteiger partial charge in [0.25, 0.3) is 0 Å². The molecule has 0 saturated heterocycles. The summed E-state index contributed by atoms with van der Waals surface area (Å²) < 4.78 is 22.8. The van der Waals surface area contributed by atoms with Gasteiger partial charge in [-0.25, -0.2) is 17.5 Å². The van der Waals surface area contributed by atoms with E-state index < -0.39 is 16.0 Å². The molecule has 108 valence electrons. The van der Waals surface area contributed by atoms with E-state index in [1.54, 1.807) is 12.1 Å². The highest BCUT2D eigenvalue weighted by molar-refractivity contribution is 7.88. The number of halogens is 1. The predicted molar refractivity (Wildman–Crippen MR) is 76.2 cm³/mol. The second-order valence-corrected chi connectivity index (χ2v) is 6.08. The molecule has 1 rings (SSSR count). The van der Waals surface area contributed by atoms with Crippen LogP contribution in [0.1, 0.15) is 24.2 Å². The third kappa shape index (κ3) is 7.15. The molecule has 0 aromatic heterocycles. The average Bonchev–Trinajstić information content (AvgIpc) is 2.29. The minimum Gasteiger partial charge on any atom is -0.478 e. The normalized spacial score (nSPS) is 10.8. The molecular formula is C12H18ClNO4S. The largest absolute Gasteiger partial charge is 0.478 e. The average molecular weight is 308 g/mol. The van der Waals surface area contributed by atoms with E-state index in [9.17, 15) is 13.2 Å². The molecule has 0 heterocycles. The number of carboxylic acids is 1. The summed E-state index contributed by atoms with van der Waals surface area (Å²) in [4.78, 5) is 10.3. The van der Waals surface area contributed by atoms with Gasteiger partial charge in [-0.15, -0.1) is 0 Å². The molecule has 0 atom stereocenters. The van der Waals surface area contributed by atoms with Crippen LogP contribution in [-0.2, 0) is 10.0 Å². The predicted octanol–water partition coefficient (Wildman–Crippen LogP) is 2.33. The molecule has 1 aromatic carbocycles. The van der Waals surface area contributed by atoms with Gasteiger partial charge in [-0.1, -0.05) is 31.5 Å². The Kier molecular flexibility index (Phi) is 7.66. The fraction of sp³-hybridized carbons (Fsp3) is 0.417. The summed E-state index contributed by atoms with van der Waals surface area (Å²) in [5.41, 5.74) is 0.215. The molecule has 0 saturated carbocycles. The van der Waals surface area contributed by atoms with Crippen molar-refractivity contribution in [1.82, 2.24) is 4.31 Å². The Labute approximate surface area is 118 Å². The van der Waals surface area contributed by atoms with E-state index in [4.69, 9.17) is 16.7 Å². The lowest BCUT2D eigenvalue weighted by atomic mass is 10.2. The number of hydrogen-bond acceptors (Lipinski definition) is 3. The lowest BCUT2D eigenvalue weighted by Crippen LogP contribution is -2.29. The molecule has 0 spiro atoms. The van der Waals surface area contributed by atoms with Crippen LogP contribution in [0.25, 0.3) is 0 Å². The van der Waals surface area contributed by atoms with E-state index in [0.29, 0.717) is 18.1 Å². The van der Waals surface area contributed by atoms with Crippen molar-refractivity contribution in [3.63, 3.8) is 0 Å². The monoisotopic (exact) mass is 307 g/mol. The topological polar surface area (TPSA) is 74.7 Å². The summed E-state index contributed by atoms with van der Waals surface area (Å²) in [7, 11) is -2.93. The molecule has 0 bridgehead atoms. The zero-order chi connectivity index (χ0) is 15.1. The number of carbonyl (C=O) groups is 1. The first-order chi connectivity index (χ1) is 8.72. The third-order valence-electron chi connectivity index (χ3n) is 2.25. The molecule has 1 aromatic rings. The summed E-state index contributed by atoms with van der Waals surface area (Å²) in [5, 5.41) is 8.89. The SMILES string of the molecule is CCN(CC)S(C)(=O)=O.O=C(O)c1cccc(Cl)c1. The van der Waals surface area contributed by atoms with Crippen LogP contribution in [-0.4, -0.2) is 43.1 Å². The molecule has 7 heteroatoms. The van der Waals surface area contributed by atoms with Gasteiger partial charge in [-0.2, -0.15) is 0 Å². The Hall–Kier alpha value is -1.11. The quantitative estimate of drug-likeness (QED) is 0.926. The number of sulfonamides is 1. The number of nitrogens with zero attached hydrogens (tertiary/aromatic N) is 1. The van der Waals surface area contributed by atoms with E-state index in [0.717, 1.165) is 0 Å². The summed E-state index contributed by atoms with van der Waals surface area (Å²) in [6.07, 6.45) is 1.22. The van der Waals surface area contributed by atoms with Crippen LogP contribution in [0, 0.1) is 0 Å². The highest BCUT2D eigenvalue weighted by atomic mass is 35.5. The lowest BCUT2D eigenvalue weighted by Gasteiger charge is -2.13. The maximum atomic E-state index is 10.7. The van der Waals surface area contributed by atoms with Crippen LogP contribution in [0.4, 0.5) is 0 Å². The van der Waals surface area contributed by atoms with Crippen molar-refractivity contribution in [1.29, 1.82) is 0 Å². The van der Waals surface area contributed by atoms with E-state index >= 15 is 0 Å². The van der Waals surface area contributed by atoms with Gasteiger partial charge in [0.1, 0.15) is 0 Å². The van der Waals surface area contributed by atoms with Crippen LogP contribution in [0.2, 0.25) is 5.02 Å². The number of carboxylic acid groups (broad SMARTS) is 1. The summed E-state index contributed by atoms with van der Waals surface area (Å²) in [5.74, 6) is -0.956. The van der Waals surface area contributed by atoms with Crippen molar-refractivity contribution < 1.29 is 18.3 Å². The van der Waals surface area contributed by atoms with Crippen molar-refractivity contribution in [3.05, 3.63) is 34.9 Å². The first-order valence-electron chi connectivity index (χ1n) is 5.66. The van der Waals surface area contributed by atoms with Gasteiger partial charge < -0.3 is 5.11 Å². The Bertz CT molecular complexity index is 512. The molecule has 0 aliphatic carbocycles. The van der Waals surface area contributed by atoms with Gasteiger partial charge in [0.2, 0.25) is 10.0 Å². The second kappa shape index (κ2) is 8.14. The van der Waals surface area contributed by atoms with Gasteiger partial charge in [-0.05, 0) is 18.2 Å². The fourth-order valence-electron chi connectivity index (χ4n) is 1.31. The van der Waals surface area contributed by atoms with E-state index in [1.165, 1.54) is 22.7 Å². The van der Waals surface area contributed by atoms with Gasteiger partial charge in [0, 0.05) is 18.1 Å². The number of rotatable bonds is 4. The second-order valence-electron chi connectivity index (χ2n) is 3.66. The lowest BCUT2D eigenvalue weighted by molar-refractivity contribution is 0.0697. The molecule has 0 radical (unpaired) electrons. The van der Waals surface area contributed by atoms with Crippen LogP contribution in [0.15, 0.2) is 24.3 Å². The molecule has 5 nitrogen and oxygen atoms in total. The first-order valence-corrected chi connectivity index (χ1v) is 7.89. The first kappa shape index (κ1) is 17.9. The van der Waals surface area contributed by atoms with Crippen molar-refractivity contribution in [2.75, 3.05) is 19.3 Å². The number of aromatic carboxylic acids is 1. The van der Waals surface area contributed by atoms with Gasteiger partial charge >= 0.3 is 5.97 Å². The third-order valence-corrected chi connectivity index (χ3v) is 3.94. The zero-order valence-corrected chi connectivity index (χ0v) is 12.7. The van der Waals surface area contributed by atoms with E-state index in [2.05, 4.69) is 0 Å². The smallest absolute Gasteiger partial charge is 0.335 e. The van der Waals surface area contributed by atoms with Crippen LogP contribution >= 0.6 is 11.6 Å². The van der Waals surface area contributed by atoms with Crippen molar-refractivity contribution in [2.45, 2.75) is 13.8 Å². The van der Waals surface area contributed by atoms with Crippen LogP contribution in [0.3, 0.4) is 0 Å². The molecular weight excluding hydrogens is 290 g/mol. The molecule has 0 aliphatic heterocycles. The van der Waals surface area contributed by atoms with E-state index in [1.807, 2.05) is 13.8 Å². The Morgan fingerprint density at radius 3 is 2.05 bits per heavy atom. The van der Waals surface area contributed by atoms with Gasteiger partial charge in [0.15, 0.2) is 0 Å².